The van der Waals surface area contributed by atoms with Crippen LogP contribution in [0.5, 0.6) is 0 Å². The number of hydrogen-bond donors (Lipinski definition) is 2. The summed E-state index contributed by atoms with van der Waals surface area (Å²) in [5.74, 6) is -0.793. The van der Waals surface area contributed by atoms with Crippen LogP contribution in [0.15, 0.2) is 0 Å². The number of carboxylic acids is 1. The zero-order valence-electron chi connectivity index (χ0n) is 13.1. The van der Waals surface area contributed by atoms with Gasteiger partial charge in [-0.25, -0.2) is 4.79 Å². The number of nitrogens with zero attached hydrogens (tertiary/aromatic N) is 1. The van der Waals surface area contributed by atoms with E-state index in [4.69, 9.17) is 5.11 Å². The van der Waals surface area contributed by atoms with Crippen LogP contribution in [-0.4, -0.2) is 40.6 Å². The zero-order valence-corrected chi connectivity index (χ0v) is 13.1. The predicted molar refractivity (Wildman–Crippen MR) is 78.7 cm³/mol. The van der Waals surface area contributed by atoms with E-state index in [0.29, 0.717) is 6.42 Å². The Kier molecular flexibility index (Phi) is 5.84. The summed E-state index contributed by atoms with van der Waals surface area (Å²) < 4.78 is 0. The van der Waals surface area contributed by atoms with Crippen molar-refractivity contribution in [3.05, 3.63) is 0 Å². The molecule has 2 amide bonds. The number of carboxylic acid groups (broad SMARTS) is 1. The Morgan fingerprint density at radius 3 is 2.55 bits per heavy atom. The van der Waals surface area contributed by atoms with E-state index in [1.54, 1.807) is 0 Å². The van der Waals surface area contributed by atoms with Gasteiger partial charge in [-0.05, 0) is 38.0 Å². The molecule has 0 aliphatic carbocycles. The number of aliphatic carboxylic acids is 1. The Morgan fingerprint density at radius 2 is 2.00 bits per heavy atom. The lowest BCUT2D eigenvalue weighted by Gasteiger charge is -2.38. The number of urea groups is 1. The fourth-order valence-corrected chi connectivity index (χ4v) is 2.34. The first kappa shape index (κ1) is 16.8. The molecule has 20 heavy (non-hydrogen) atoms. The summed E-state index contributed by atoms with van der Waals surface area (Å²) in [6, 6.07) is 0.0894. The van der Waals surface area contributed by atoms with Crippen LogP contribution in [0.25, 0.3) is 0 Å². The van der Waals surface area contributed by atoms with E-state index >= 15 is 0 Å². The molecule has 0 radical (unpaired) electrons. The molecule has 0 aromatic rings. The number of nitrogens with one attached hydrogen (secondary N) is 1. The van der Waals surface area contributed by atoms with Crippen molar-refractivity contribution in [2.75, 3.05) is 6.54 Å². The average molecular weight is 284 g/mol. The summed E-state index contributed by atoms with van der Waals surface area (Å²) >= 11 is 0. The Labute approximate surface area is 121 Å². The van der Waals surface area contributed by atoms with Crippen molar-refractivity contribution < 1.29 is 14.7 Å². The first-order chi connectivity index (χ1) is 9.21. The topological polar surface area (TPSA) is 69.6 Å². The zero-order chi connectivity index (χ0) is 15.3. The van der Waals surface area contributed by atoms with Gasteiger partial charge in [0.25, 0.3) is 0 Å². The van der Waals surface area contributed by atoms with Crippen molar-refractivity contribution in [2.45, 2.75) is 71.9 Å². The highest BCUT2D eigenvalue weighted by molar-refractivity contribution is 5.75. The Bertz CT molecular complexity index is 350. The van der Waals surface area contributed by atoms with Crippen molar-refractivity contribution in [3.63, 3.8) is 0 Å². The van der Waals surface area contributed by atoms with Gasteiger partial charge in [0.15, 0.2) is 0 Å². The highest BCUT2D eigenvalue weighted by Crippen LogP contribution is 2.23. The van der Waals surface area contributed by atoms with E-state index in [1.165, 1.54) is 0 Å². The van der Waals surface area contributed by atoms with Gasteiger partial charge in [0.1, 0.15) is 0 Å². The third-order valence-electron chi connectivity index (χ3n) is 4.22. The van der Waals surface area contributed by atoms with Gasteiger partial charge in [-0.1, -0.05) is 20.8 Å². The molecule has 0 aromatic heterocycles. The fourth-order valence-electron chi connectivity index (χ4n) is 2.34. The lowest BCUT2D eigenvalue weighted by Crippen LogP contribution is -2.53. The van der Waals surface area contributed by atoms with Crippen LogP contribution in [0, 0.1) is 5.41 Å². The van der Waals surface area contributed by atoms with Gasteiger partial charge < -0.3 is 15.3 Å². The number of amides is 2. The smallest absolute Gasteiger partial charge is 0.317 e. The van der Waals surface area contributed by atoms with Crippen LogP contribution < -0.4 is 5.32 Å². The third-order valence-corrected chi connectivity index (χ3v) is 4.22. The maximum absolute atomic E-state index is 12.4. The summed E-state index contributed by atoms with van der Waals surface area (Å²) in [4.78, 5) is 24.9. The SMILES string of the molecule is CC(NC(=O)N1CCCCC1CCC(=O)O)C(C)(C)C. The van der Waals surface area contributed by atoms with Crippen molar-refractivity contribution in [1.29, 1.82) is 0 Å². The molecule has 2 atom stereocenters. The highest BCUT2D eigenvalue weighted by Gasteiger charge is 2.29. The van der Waals surface area contributed by atoms with E-state index in [9.17, 15) is 9.59 Å². The molecule has 1 rings (SSSR count). The second-order valence-corrected chi connectivity index (χ2v) is 6.81. The molecule has 1 saturated heterocycles. The van der Waals surface area contributed by atoms with Gasteiger partial charge in [0, 0.05) is 25.0 Å². The molecule has 2 unspecified atom stereocenters. The van der Waals surface area contributed by atoms with Crippen LogP contribution in [-0.2, 0) is 4.79 Å². The largest absolute Gasteiger partial charge is 0.481 e. The van der Waals surface area contributed by atoms with Crippen molar-refractivity contribution in [1.82, 2.24) is 10.2 Å². The van der Waals surface area contributed by atoms with Gasteiger partial charge in [-0.2, -0.15) is 0 Å². The highest BCUT2D eigenvalue weighted by atomic mass is 16.4. The lowest BCUT2D eigenvalue weighted by atomic mass is 9.88. The number of piperidine rings is 1. The number of likely N-dealkylation sites (tertiary alicyclic amines) is 1. The summed E-state index contributed by atoms with van der Waals surface area (Å²) in [5.41, 5.74) is 0.0159. The third kappa shape index (κ3) is 5.02. The minimum atomic E-state index is -0.793. The van der Waals surface area contributed by atoms with Gasteiger partial charge in [-0.3, -0.25) is 4.79 Å². The maximum atomic E-state index is 12.4. The van der Waals surface area contributed by atoms with Gasteiger partial charge >= 0.3 is 12.0 Å². The number of carbonyl (C=O) groups is 2. The normalized spacial score (nSPS) is 21.4. The second kappa shape index (κ2) is 6.95. The molecule has 2 N–H and O–H groups in total. The van der Waals surface area contributed by atoms with Crippen LogP contribution in [0.2, 0.25) is 0 Å². The lowest BCUT2D eigenvalue weighted by molar-refractivity contribution is -0.137. The van der Waals surface area contributed by atoms with E-state index in [1.807, 2.05) is 11.8 Å². The monoisotopic (exact) mass is 284 g/mol. The first-order valence-electron chi connectivity index (χ1n) is 7.50. The van der Waals surface area contributed by atoms with Crippen LogP contribution in [0.1, 0.15) is 59.8 Å². The average Bonchev–Trinajstić information content (AvgIpc) is 2.35. The molecule has 0 bridgehead atoms. The molecule has 1 aliphatic rings. The molecular weight excluding hydrogens is 256 g/mol. The standard InChI is InChI=1S/C15H28N2O3/c1-11(15(2,3)4)16-14(20)17-10-6-5-7-12(17)8-9-13(18)19/h11-12H,5-10H2,1-4H3,(H,16,20)(H,18,19). The van der Waals surface area contributed by atoms with Crippen LogP contribution in [0.4, 0.5) is 4.79 Å². The van der Waals surface area contributed by atoms with Crippen LogP contribution >= 0.6 is 0 Å². The van der Waals surface area contributed by atoms with E-state index in [-0.39, 0.29) is 30.0 Å². The van der Waals surface area contributed by atoms with Crippen molar-refractivity contribution >= 4 is 12.0 Å². The molecule has 5 nitrogen and oxygen atoms in total. The van der Waals surface area contributed by atoms with E-state index in [0.717, 1.165) is 25.8 Å². The molecule has 0 aromatic carbocycles. The predicted octanol–water partition coefficient (Wildman–Crippen LogP) is 2.85. The number of rotatable bonds is 4. The van der Waals surface area contributed by atoms with E-state index < -0.39 is 5.97 Å². The summed E-state index contributed by atoms with van der Waals surface area (Å²) in [6.45, 7) is 9.02. The van der Waals surface area contributed by atoms with Crippen molar-refractivity contribution in [2.24, 2.45) is 5.41 Å². The first-order valence-corrected chi connectivity index (χ1v) is 7.50. The van der Waals surface area contributed by atoms with Gasteiger partial charge in [-0.15, -0.1) is 0 Å². The number of hydrogen-bond acceptors (Lipinski definition) is 2. The van der Waals surface area contributed by atoms with E-state index in [2.05, 4.69) is 26.1 Å². The molecule has 5 heteroatoms. The molecule has 116 valence electrons. The minimum Gasteiger partial charge on any atom is -0.481 e. The Balaban J connectivity index is 2.60. The second-order valence-electron chi connectivity index (χ2n) is 6.81. The molecular formula is C15H28N2O3. The quantitative estimate of drug-likeness (QED) is 0.834. The Morgan fingerprint density at radius 1 is 1.35 bits per heavy atom. The molecule has 1 fully saturated rings. The molecule has 0 spiro atoms. The number of carbonyl (C=O) groups excluding carboxylic acids is 1. The maximum Gasteiger partial charge on any atom is 0.317 e. The van der Waals surface area contributed by atoms with Crippen LogP contribution in [0.3, 0.4) is 0 Å². The summed E-state index contributed by atoms with van der Waals surface area (Å²) in [5, 5.41) is 11.8. The molecule has 1 heterocycles. The Hall–Kier alpha value is -1.26. The molecule has 0 saturated carbocycles. The minimum absolute atomic E-state index is 0.0159. The van der Waals surface area contributed by atoms with Gasteiger partial charge in [0.2, 0.25) is 0 Å². The molecule has 1 aliphatic heterocycles. The fraction of sp³-hybridized carbons (Fsp3) is 0.867. The van der Waals surface area contributed by atoms with Crippen molar-refractivity contribution in [3.8, 4) is 0 Å². The summed E-state index contributed by atoms with van der Waals surface area (Å²) in [7, 11) is 0. The summed E-state index contributed by atoms with van der Waals surface area (Å²) in [6.07, 6.45) is 3.66. The van der Waals surface area contributed by atoms with Gasteiger partial charge in [0.05, 0.1) is 0 Å².